The van der Waals surface area contributed by atoms with Gasteiger partial charge in [-0.25, -0.2) is 0 Å². The lowest BCUT2D eigenvalue weighted by Crippen LogP contribution is -2.49. The first kappa shape index (κ1) is 18.6. The maximum absolute atomic E-state index is 5.98. The van der Waals surface area contributed by atoms with Crippen molar-refractivity contribution in [2.24, 2.45) is 0 Å². The molecule has 1 fully saturated rings. The van der Waals surface area contributed by atoms with E-state index in [0.29, 0.717) is 6.61 Å². The lowest BCUT2D eigenvalue weighted by Gasteiger charge is -2.35. The molecule has 1 aliphatic rings. The van der Waals surface area contributed by atoms with E-state index in [1.807, 2.05) is 0 Å². The minimum absolute atomic E-state index is 0.301. The predicted octanol–water partition coefficient (Wildman–Crippen LogP) is 3.23. The van der Waals surface area contributed by atoms with Crippen molar-refractivity contribution < 1.29 is 9.47 Å². The van der Waals surface area contributed by atoms with E-state index in [1.165, 1.54) is 16.4 Å². The summed E-state index contributed by atoms with van der Waals surface area (Å²) in [5, 5.41) is 1.36. The highest BCUT2D eigenvalue weighted by Crippen LogP contribution is 2.27. The summed E-state index contributed by atoms with van der Waals surface area (Å²) in [5.41, 5.74) is 2.67. The Morgan fingerprint density at radius 3 is 2.50 bits per heavy atom. The third-order valence-corrected chi connectivity index (χ3v) is 7.98. The second kappa shape index (κ2) is 8.44. The molecule has 0 bridgehead atoms. The topological polar surface area (TPSA) is 21.7 Å². The van der Waals surface area contributed by atoms with E-state index in [0.717, 1.165) is 38.1 Å². The zero-order valence-corrected chi connectivity index (χ0v) is 16.7. The van der Waals surface area contributed by atoms with Gasteiger partial charge in [-0.1, -0.05) is 61.0 Å². The highest BCUT2D eigenvalue weighted by atomic mass is 28.3. The summed E-state index contributed by atoms with van der Waals surface area (Å²) in [6.07, 6.45) is 5.45. The molecule has 4 heteroatoms. The standard InChI is InChI=1S/C22H27NO2Si/c1-4-15-25-21-12-8-11-20(23-13-16-24-17-14-23)22(21)26(2,3)18-19-9-6-5-7-10-19/h1,5-12H,13-18H2,2-3H3. The molecule has 0 spiro atoms. The molecule has 3 nitrogen and oxygen atoms in total. The zero-order chi connectivity index (χ0) is 18.4. The fourth-order valence-corrected chi connectivity index (χ4v) is 6.89. The van der Waals surface area contributed by atoms with Crippen molar-refractivity contribution in [2.75, 3.05) is 37.8 Å². The molecule has 3 rings (SSSR count). The van der Waals surface area contributed by atoms with Gasteiger partial charge in [0.15, 0.2) is 0 Å². The Balaban J connectivity index is 2.01. The smallest absolute Gasteiger partial charge is 0.148 e. The molecule has 1 aliphatic heterocycles. The molecule has 0 aliphatic carbocycles. The highest BCUT2D eigenvalue weighted by Gasteiger charge is 2.32. The van der Waals surface area contributed by atoms with Gasteiger partial charge in [-0.2, -0.15) is 0 Å². The summed E-state index contributed by atoms with van der Waals surface area (Å²) < 4.78 is 11.5. The third-order valence-electron chi connectivity index (χ3n) is 4.83. The van der Waals surface area contributed by atoms with Crippen LogP contribution in [0.2, 0.25) is 13.1 Å². The van der Waals surface area contributed by atoms with Crippen molar-refractivity contribution in [3.05, 3.63) is 54.1 Å². The minimum atomic E-state index is -1.82. The van der Waals surface area contributed by atoms with Crippen LogP contribution in [0.15, 0.2) is 48.5 Å². The largest absolute Gasteiger partial charge is 0.481 e. The second-order valence-corrected chi connectivity index (χ2v) is 11.9. The summed E-state index contributed by atoms with van der Waals surface area (Å²) in [5.74, 6) is 3.55. The Hall–Kier alpha value is -2.22. The summed E-state index contributed by atoms with van der Waals surface area (Å²) in [6, 6.07) is 18.2. The van der Waals surface area contributed by atoms with Gasteiger partial charge in [0.2, 0.25) is 0 Å². The molecule has 0 unspecified atom stereocenters. The molecule has 0 N–H and O–H groups in total. The van der Waals surface area contributed by atoms with Crippen molar-refractivity contribution in [3.8, 4) is 18.1 Å². The van der Waals surface area contributed by atoms with Crippen LogP contribution in [0.5, 0.6) is 5.75 Å². The first-order chi connectivity index (χ1) is 12.6. The van der Waals surface area contributed by atoms with Crippen LogP contribution in [0.4, 0.5) is 5.69 Å². The van der Waals surface area contributed by atoms with E-state index >= 15 is 0 Å². The SMILES string of the molecule is C#CCOc1cccc(N2CCOCC2)c1[Si](C)(C)Cc1ccccc1. The average molecular weight is 366 g/mol. The summed E-state index contributed by atoms with van der Waals surface area (Å²) in [7, 11) is -1.82. The Morgan fingerprint density at radius 2 is 1.81 bits per heavy atom. The molecule has 1 saturated heterocycles. The Bertz CT molecular complexity index is 761. The van der Waals surface area contributed by atoms with E-state index in [2.05, 4.69) is 72.4 Å². The van der Waals surface area contributed by atoms with E-state index in [1.54, 1.807) is 0 Å². The van der Waals surface area contributed by atoms with Crippen molar-refractivity contribution in [1.82, 2.24) is 0 Å². The molecule has 0 amide bonds. The van der Waals surface area contributed by atoms with E-state index in [-0.39, 0.29) is 0 Å². The molecular formula is C22H27NO2Si. The maximum Gasteiger partial charge on any atom is 0.148 e. The fourth-order valence-electron chi connectivity index (χ4n) is 3.70. The molecular weight excluding hydrogens is 338 g/mol. The minimum Gasteiger partial charge on any atom is -0.481 e. The van der Waals surface area contributed by atoms with E-state index in [9.17, 15) is 0 Å². The van der Waals surface area contributed by atoms with Crippen molar-refractivity contribution in [2.45, 2.75) is 19.1 Å². The first-order valence-corrected chi connectivity index (χ1v) is 12.4. The molecule has 2 aromatic carbocycles. The summed E-state index contributed by atoms with van der Waals surface area (Å²) in [4.78, 5) is 2.43. The molecule has 1 heterocycles. The van der Waals surface area contributed by atoms with Crippen LogP contribution in [-0.2, 0) is 10.8 Å². The number of ether oxygens (including phenoxy) is 2. The lowest BCUT2D eigenvalue weighted by molar-refractivity contribution is 0.123. The fraction of sp³-hybridized carbons (Fsp3) is 0.364. The van der Waals surface area contributed by atoms with Crippen molar-refractivity contribution in [1.29, 1.82) is 0 Å². The van der Waals surface area contributed by atoms with Crippen LogP contribution < -0.4 is 14.8 Å². The number of anilines is 1. The molecule has 26 heavy (non-hydrogen) atoms. The van der Waals surface area contributed by atoms with Gasteiger partial charge in [-0.15, -0.1) is 6.42 Å². The van der Waals surface area contributed by atoms with Gasteiger partial charge < -0.3 is 14.4 Å². The van der Waals surface area contributed by atoms with Crippen LogP contribution in [-0.4, -0.2) is 41.0 Å². The van der Waals surface area contributed by atoms with Crippen LogP contribution in [0.25, 0.3) is 0 Å². The number of benzene rings is 2. The van der Waals surface area contributed by atoms with E-state index < -0.39 is 8.07 Å². The van der Waals surface area contributed by atoms with Gasteiger partial charge in [-0.05, 0) is 18.2 Å². The first-order valence-electron chi connectivity index (χ1n) is 9.18. The van der Waals surface area contributed by atoms with Gasteiger partial charge in [0.1, 0.15) is 12.4 Å². The van der Waals surface area contributed by atoms with Crippen LogP contribution in [0, 0.1) is 12.3 Å². The highest BCUT2D eigenvalue weighted by molar-refractivity contribution is 6.91. The third kappa shape index (κ3) is 4.30. The summed E-state index contributed by atoms with van der Waals surface area (Å²) >= 11 is 0. The number of hydrogen-bond donors (Lipinski definition) is 0. The van der Waals surface area contributed by atoms with Gasteiger partial charge in [0.05, 0.1) is 21.3 Å². The van der Waals surface area contributed by atoms with E-state index in [4.69, 9.17) is 15.9 Å². The summed E-state index contributed by atoms with van der Waals surface area (Å²) in [6.45, 7) is 8.52. The number of morpholine rings is 1. The number of nitrogens with zero attached hydrogens (tertiary/aromatic N) is 1. The molecule has 0 radical (unpaired) electrons. The molecule has 0 aromatic heterocycles. The van der Waals surface area contributed by atoms with Gasteiger partial charge in [-0.3, -0.25) is 0 Å². The zero-order valence-electron chi connectivity index (χ0n) is 15.7. The van der Waals surface area contributed by atoms with Gasteiger partial charge in [0.25, 0.3) is 0 Å². The number of hydrogen-bond acceptors (Lipinski definition) is 3. The van der Waals surface area contributed by atoms with Crippen molar-refractivity contribution >= 4 is 18.9 Å². The van der Waals surface area contributed by atoms with Gasteiger partial charge >= 0.3 is 0 Å². The average Bonchev–Trinajstić information content (AvgIpc) is 2.67. The normalized spacial score (nSPS) is 14.7. The number of terminal acetylenes is 1. The van der Waals surface area contributed by atoms with Gasteiger partial charge in [0, 0.05) is 24.0 Å². The molecule has 136 valence electrons. The molecule has 0 saturated carbocycles. The molecule has 0 atom stereocenters. The number of rotatable bonds is 6. The van der Waals surface area contributed by atoms with Crippen molar-refractivity contribution in [3.63, 3.8) is 0 Å². The second-order valence-electron chi connectivity index (χ2n) is 7.29. The maximum atomic E-state index is 5.98. The Morgan fingerprint density at radius 1 is 1.08 bits per heavy atom. The van der Waals surface area contributed by atoms with Crippen LogP contribution in [0.3, 0.4) is 0 Å². The quantitative estimate of drug-likeness (QED) is 0.579. The van der Waals surface area contributed by atoms with Crippen LogP contribution >= 0.6 is 0 Å². The van der Waals surface area contributed by atoms with Crippen LogP contribution in [0.1, 0.15) is 5.56 Å². The molecule has 2 aromatic rings. The Labute approximate surface area is 157 Å². The monoisotopic (exact) mass is 365 g/mol. The Kier molecular flexibility index (Phi) is 6.03. The predicted molar refractivity (Wildman–Crippen MR) is 111 cm³/mol. The lowest BCUT2D eigenvalue weighted by atomic mass is 10.2.